The lowest BCUT2D eigenvalue weighted by Crippen LogP contribution is -2.21. The Balaban J connectivity index is 2.32. The number of benzene rings is 1. The Morgan fingerprint density at radius 1 is 1.28 bits per heavy atom. The van der Waals surface area contributed by atoms with Gasteiger partial charge in [-0.15, -0.1) is 0 Å². The van der Waals surface area contributed by atoms with E-state index in [2.05, 4.69) is 35.9 Å². The number of aryl methyl sites for hydroxylation is 1. The standard InChI is InChI=1S/C19H24N4O2/c1-5-22(6-2)13-8-9-16-14(10-13)18-17(12(4)21-16)15(11-23(18)20)19(24)25-7-3/h8-11H,5-7,20H2,1-4H3. The number of pyridine rings is 1. The Kier molecular flexibility index (Phi) is 4.53. The summed E-state index contributed by atoms with van der Waals surface area (Å²) in [5.74, 6) is 5.83. The number of anilines is 1. The first-order chi connectivity index (χ1) is 12.0. The average molecular weight is 340 g/mol. The van der Waals surface area contributed by atoms with Crippen LogP contribution >= 0.6 is 0 Å². The van der Waals surface area contributed by atoms with Crippen molar-refractivity contribution in [2.75, 3.05) is 30.4 Å². The predicted octanol–water partition coefficient (Wildman–Crippen LogP) is 3.23. The quantitative estimate of drug-likeness (QED) is 0.570. The number of rotatable bonds is 5. The first kappa shape index (κ1) is 17.1. The Labute approximate surface area is 147 Å². The van der Waals surface area contributed by atoms with E-state index in [0.29, 0.717) is 12.2 Å². The van der Waals surface area contributed by atoms with Gasteiger partial charge < -0.3 is 15.5 Å². The topological polar surface area (TPSA) is 73.4 Å². The molecule has 0 aliphatic carbocycles. The maximum Gasteiger partial charge on any atom is 0.340 e. The molecule has 0 unspecified atom stereocenters. The van der Waals surface area contributed by atoms with Crippen LogP contribution in [0.5, 0.6) is 0 Å². The number of carbonyl (C=O) groups is 1. The van der Waals surface area contributed by atoms with Gasteiger partial charge in [0, 0.05) is 41.4 Å². The van der Waals surface area contributed by atoms with Crippen LogP contribution in [0.25, 0.3) is 21.8 Å². The van der Waals surface area contributed by atoms with Gasteiger partial charge >= 0.3 is 5.97 Å². The zero-order valence-electron chi connectivity index (χ0n) is 15.2. The summed E-state index contributed by atoms with van der Waals surface area (Å²) >= 11 is 0. The molecule has 2 aromatic heterocycles. The van der Waals surface area contributed by atoms with Crippen LogP contribution in [0.2, 0.25) is 0 Å². The van der Waals surface area contributed by atoms with Crippen LogP contribution in [0.1, 0.15) is 36.8 Å². The van der Waals surface area contributed by atoms with E-state index in [0.717, 1.165) is 46.3 Å². The second-order valence-corrected chi connectivity index (χ2v) is 5.97. The summed E-state index contributed by atoms with van der Waals surface area (Å²) in [5, 5.41) is 1.69. The Hall–Kier alpha value is -2.76. The van der Waals surface area contributed by atoms with Gasteiger partial charge in [-0.25, -0.2) is 4.79 Å². The highest BCUT2D eigenvalue weighted by atomic mass is 16.5. The van der Waals surface area contributed by atoms with Crippen LogP contribution in [-0.4, -0.2) is 35.3 Å². The minimum absolute atomic E-state index is 0.322. The third-order valence-corrected chi connectivity index (χ3v) is 4.54. The van der Waals surface area contributed by atoms with Crippen LogP contribution in [0.15, 0.2) is 24.4 Å². The largest absolute Gasteiger partial charge is 0.462 e. The SMILES string of the molecule is CCOC(=O)c1cn(N)c2c1c(C)nc1ccc(N(CC)CC)cc12. The third kappa shape index (κ3) is 2.77. The maximum absolute atomic E-state index is 12.3. The third-order valence-electron chi connectivity index (χ3n) is 4.54. The monoisotopic (exact) mass is 340 g/mol. The van der Waals surface area contributed by atoms with E-state index < -0.39 is 0 Å². The highest BCUT2D eigenvalue weighted by Crippen LogP contribution is 2.32. The summed E-state index contributed by atoms with van der Waals surface area (Å²) in [6.45, 7) is 10.1. The van der Waals surface area contributed by atoms with Gasteiger partial charge in [-0.1, -0.05) is 0 Å². The molecule has 6 nitrogen and oxygen atoms in total. The van der Waals surface area contributed by atoms with E-state index in [1.165, 1.54) is 4.68 Å². The van der Waals surface area contributed by atoms with Crippen LogP contribution in [0, 0.1) is 6.92 Å². The van der Waals surface area contributed by atoms with Crippen LogP contribution in [-0.2, 0) is 4.74 Å². The number of esters is 1. The van der Waals surface area contributed by atoms with Gasteiger partial charge in [0.15, 0.2) is 0 Å². The van der Waals surface area contributed by atoms with Crippen molar-refractivity contribution in [1.29, 1.82) is 0 Å². The van der Waals surface area contributed by atoms with Crippen LogP contribution < -0.4 is 10.7 Å². The molecule has 1 aromatic carbocycles. The van der Waals surface area contributed by atoms with Gasteiger partial charge in [0.05, 0.1) is 23.2 Å². The van der Waals surface area contributed by atoms with Crippen LogP contribution in [0.3, 0.4) is 0 Å². The number of hydrogen-bond donors (Lipinski definition) is 1. The Bertz CT molecular complexity index is 942. The van der Waals surface area contributed by atoms with Crippen molar-refractivity contribution in [3.63, 3.8) is 0 Å². The first-order valence-corrected chi connectivity index (χ1v) is 8.64. The fourth-order valence-corrected chi connectivity index (χ4v) is 3.36. The molecule has 0 spiro atoms. The highest BCUT2D eigenvalue weighted by molar-refractivity contribution is 6.14. The first-order valence-electron chi connectivity index (χ1n) is 8.64. The molecular formula is C19H24N4O2. The van der Waals surface area contributed by atoms with E-state index in [-0.39, 0.29) is 5.97 Å². The summed E-state index contributed by atoms with van der Waals surface area (Å²) in [6, 6.07) is 6.17. The number of fused-ring (bicyclic) bond motifs is 3. The number of nitrogen functional groups attached to an aromatic ring is 1. The van der Waals surface area contributed by atoms with E-state index >= 15 is 0 Å². The lowest BCUT2D eigenvalue weighted by molar-refractivity contribution is 0.0528. The molecule has 0 amide bonds. The molecule has 0 fully saturated rings. The van der Waals surface area contributed by atoms with Crippen molar-refractivity contribution in [2.24, 2.45) is 0 Å². The second-order valence-electron chi connectivity index (χ2n) is 5.97. The van der Waals surface area contributed by atoms with Gasteiger partial charge in [0.25, 0.3) is 0 Å². The van der Waals surface area contributed by atoms with E-state index in [9.17, 15) is 4.79 Å². The molecule has 2 heterocycles. The Morgan fingerprint density at radius 3 is 2.64 bits per heavy atom. The fraction of sp³-hybridized carbons (Fsp3) is 0.368. The number of aromatic nitrogens is 2. The van der Waals surface area contributed by atoms with E-state index in [4.69, 9.17) is 10.6 Å². The Morgan fingerprint density at radius 2 is 2.00 bits per heavy atom. The minimum Gasteiger partial charge on any atom is -0.462 e. The lowest BCUT2D eigenvalue weighted by Gasteiger charge is -2.21. The van der Waals surface area contributed by atoms with Gasteiger partial charge in [0.2, 0.25) is 0 Å². The normalized spacial score (nSPS) is 11.2. The lowest BCUT2D eigenvalue weighted by atomic mass is 10.1. The minimum atomic E-state index is -0.374. The molecule has 0 saturated carbocycles. The van der Waals surface area contributed by atoms with Crippen molar-refractivity contribution < 1.29 is 9.53 Å². The van der Waals surface area contributed by atoms with Crippen molar-refractivity contribution in [3.8, 4) is 0 Å². The van der Waals surface area contributed by atoms with Crippen molar-refractivity contribution in [2.45, 2.75) is 27.7 Å². The second kappa shape index (κ2) is 6.63. The number of hydrogen-bond acceptors (Lipinski definition) is 5. The van der Waals surface area contributed by atoms with Crippen molar-refractivity contribution in [1.82, 2.24) is 9.66 Å². The average Bonchev–Trinajstić information content (AvgIpc) is 2.95. The molecule has 25 heavy (non-hydrogen) atoms. The van der Waals surface area contributed by atoms with Crippen molar-refractivity contribution >= 4 is 33.5 Å². The molecule has 6 heteroatoms. The van der Waals surface area contributed by atoms with Gasteiger partial charge in [-0.2, -0.15) is 0 Å². The molecule has 2 N–H and O–H groups in total. The highest BCUT2D eigenvalue weighted by Gasteiger charge is 2.20. The molecule has 0 aliphatic heterocycles. The molecule has 3 aromatic rings. The number of ether oxygens (including phenoxy) is 1. The van der Waals surface area contributed by atoms with Gasteiger partial charge in [-0.05, 0) is 45.9 Å². The molecule has 132 valence electrons. The zero-order chi connectivity index (χ0) is 18.1. The summed E-state index contributed by atoms with van der Waals surface area (Å²) in [7, 11) is 0. The maximum atomic E-state index is 12.3. The molecule has 0 atom stereocenters. The zero-order valence-corrected chi connectivity index (χ0v) is 15.2. The summed E-state index contributed by atoms with van der Waals surface area (Å²) in [4.78, 5) is 19.2. The predicted molar refractivity (Wildman–Crippen MR) is 102 cm³/mol. The van der Waals surface area contributed by atoms with Gasteiger partial charge in [-0.3, -0.25) is 9.66 Å². The summed E-state index contributed by atoms with van der Waals surface area (Å²) in [6.07, 6.45) is 1.63. The smallest absolute Gasteiger partial charge is 0.340 e. The molecule has 0 aliphatic rings. The molecule has 0 saturated heterocycles. The van der Waals surface area contributed by atoms with Gasteiger partial charge in [0.1, 0.15) is 0 Å². The van der Waals surface area contributed by atoms with Crippen molar-refractivity contribution in [3.05, 3.63) is 35.7 Å². The summed E-state index contributed by atoms with van der Waals surface area (Å²) < 4.78 is 6.67. The number of nitrogens with two attached hydrogens (primary N) is 1. The van der Waals surface area contributed by atoms with E-state index in [1.807, 2.05) is 13.0 Å². The number of nitrogens with zero attached hydrogens (tertiary/aromatic N) is 3. The fourth-order valence-electron chi connectivity index (χ4n) is 3.36. The van der Waals surface area contributed by atoms with Crippen LogP contribution in [0.4, 0.5) is 5.69 Å². The molecular weight excluding hydrogens is 316 g/mol. The van der Waals surface area contributed by atoms with E-state index in [1.54, 1.807) is 13.1 Å². The molecule has 0 radical (unpaired) electrons. The summed E-state index contributed by atoms with van der Waals surface area (Å²) in [5.41, 5.74) is 4.01. The number of carbonyl (C=O) groups excluding carboxylic acids is 1. The molecule has 3 rings (SSSR count). The molecule has 0 bridgehead atoms.